The predicted octanol–water partition coefficient (Wildman–Crippen LogP) is 3.55. The van der Waals surface area contributed by atoms with Crippen LogP contribution in [0.2, 0.25) is 0 Å². The Bertz CT molecular complexity index is 465. The van der Waals surface area contributed by atoms with Crippen LogP contribution >= 0.6 is 24.8 Å². The highest BCUT2D eigenvalue weighted by molar-refractivity contribution is 5.85. The highest BCUT2D eigenvalue weighted by Crippen LogP contribution is 2.19. The monoisotopic (exact) mass is 389 g/mol. The second-order valence-corrected chi connectivity index (χ2v) is 6.63. The molecule has 0 aliphatic carbocycles. The van der Waals surface area contributed by atoms with Gasteiger partial charge in [-0.15, -0.1) is 24.8 Å². The highest BCUT2D eigenvalue weighted by atomic mass is 35.5. The predicted molar refractivity (Wildman–Crippen MR) is 110 cm³/mol. The molecular weight excluding hydrogens is 357 g/mol. The summed E-state index contributed by atoms with van der Waals surface area (Å²) in [6.45, 7) is 6.15. The summed E-state index contributed by atoms with van der Waals surface area (Å²) in [5.74, 6) is -0.159. The normalized spacial score (nSPS) is 17.4. The number of hydrogen-bond donors (Lipinski definition) is 2. The van der Waals surface area contributed by atoms with Crippen LogP contribution in [-0.2, 0) is 4.79 Å². The molecule has 1 amide bonds. The van der Waals surface area contributed by atoms with Crippen molar-refractivity contribution < 1.29 is 4.79 Å². The average molecular weight is 390 g/mol. The number of benzene rings is 1. The van der Waals surface area contributed by atoms with Crippen molar-refractivity contribution in [3.05, 3.63) is 35.9 Å². The Balaban J connectivity index is 0.00000288. The van der Waals surface area contributed by atoms with Crippen molar-refractivity contribution in [1.82, 2.24) is 10.2 Å². The van der Waals surface area contributed by atoms with Crippen molar-refractivity contribution >= 4 is 30.7 Å². The van der Waals surface area contributed by atoms with Crippen molar-refractivity contribution in [2.45, 2.75) is 45.1 Å². The Morgan fingerprint density at radius 1 is 1.12 bits per heavy atom. The van der Waals surface area contributed by atoms with E-state index in [9.17, 15) is 4.79 Å². The summed E-state index contributed by atoms with van der Waals surface area (Å²) in [5, 5.41) is 3.04. The molecule has 3 N–H and O–H groups in total. The van der Waals surface area contributed by atoms with E-state index in [0.717, 1.165) is 25.1 Å². The number of nitrogens with one attached hydrogen (secondary N) is 1. The van der Waals surface area contributed by atoms with Gasteiger partial charge < -0.3 is 16.0 Å². The van der Waals surface area contributed by atoms with Gasteiger partial charge in [-0.1, -0.05) is 50.1 Å². The maximum absolute atomic E-state index is 12.3. The van der Waals surface area contributed by atoms with Gasteiger partial charge in [0.1, 0.15) is 0 Å². The van der Waals surface area contributed by atoms with Crippen LogP contribution in [0.25, 0.3) is 0 Å². The van der Waals surface area contributed by atoms with Gasteiger partial charge in [-0.25, -0.2) is 0 Å². The van der Waals surface area contributed by atoms with Crippen LogP contribution in [0.4, 0.5) is 0 Å². The van der Waals surface area contributed by atoms with E-state index in [1.165, 1.54) is 38.8 Å². The van der Waals surface area contributed by atoms with Gasteiger partial charge in [-0.05, 0) is 44.5 Å². The minimum atomic E-state index is -0.248. The van der Waals surface area contributed by atoms with Crippen molar-refractivity contribution in [1.29, 1.82) is 0 Å². The van der Waals surface area contributed by atoms with E-state index >= 15 is 0 Å². The van der Waals surface area contributed by atoms with Crippen LogP contribution in [0.3, 0.4) is 0 Å². The molecule has 0 spiro atoms. The molecule has 1 aromatic carbocycles. The van der Waals surface area contributed by atoms with Gasteiger partial charge in [-0.2, -0.15) is 0 Å². The molecule has 4 nitrogen and oxygen atoms in total. The zero-order valence-electron chi connectivity index (χ0n) is 15.2. The number of carbonyl (C=O) groups is 1. The maximum atomic E-state index is 12.3. The highest BCUT2D eigenvalue weighted by Gasteiger charge is 2.21. The fraction of sp³-hybridized carbons (Fsp3) is 0.632. The topological polar surface area (TPSA) is 58.4 Å². The van der Waals surface area contributed by atoms with Crippen LogP contribution in [0.1, 0.15) is 50.6 Å². The SMILES string of the molecule is CC(C(=O)NCCCN1CCCCCC1)C(N)c1ccccc1.Cl.Cl. The van der Waals surface area contributed by atoms with Gasteiger partial charge in [0.2, 0.25) is 5.91 Å². The number of likely N-dealkylation sites (tertiary alicyclic amines) is 1. The number of halogens is 2. The largest absolute Gasteiger partial charge is 0.356 e. The summed E-state index contributed by atoms with van der Waals surface area (Å²) in [7, 11) is 0. The zero-order chi connectivity index (χ0) is 16.5. The first-order valence-corrected chi connectivity index (χ1v) is 8.99. The second kappa shape index (κ2) is 13.4. The molecule has 1 aliphatic heterocycles. The van der Waals surface area contributed by atoms with Crippen LogP contribution < -0.4 is 11.1 Å². The van der Waals surface area contributed by atoms with Crippen molar-refractivity contribution in [3.63, 3.8) is 0 Å². The van der Waals surface area contributed by atoms with Crippen LogP contribution in [0.15, 0.2) is 30.3 Å². The van der Waals surface area contributed by atoms with Crippen LogP contribution in [0, 0.1) is 5.92 Å². The molecule has 0 aromatic heterocycles. The van der Waals surface area contributed by atoms with E-state index in [4.69, 9.17) is 5.73 Å². The summed E-state index contributed by atoms with van der Waals surface area (Å²) in [4.78, 5) is 14.8. The van der Waals surface area contributed by atoms with E-state index in [2.05, 4.69) is 10.2 Å². The van der Waals surface area contributed by atoms with Gasteiger partial charge in [0.15, 0.2) is 0 Å². The van der Waals surface area contributed by atoms with Crippen molar-refractivity contribution in [2.24, 2.45) is 11.7 Å². The molecule has 2 rings (SSSR count). The molecular formula is C19H33Cl2N3O. The van der Waals surface area contributed by atoms with Crippen LogP contribution in [0.5, 0.6) is 0 Å². The van der Waals surface area contributed by atoms with Gasteiger partial charge in [0.25, 0.3) is 0 Å². The number of amides is 1. The number of rotatable bonds is 7. The molecule has 6 heteroatoms. The summed E-state index contributed by atoms with van der Waals surface area (Å²) >= 11 is 0. The lowest BCUT2D eigenvalue weighted by Crippen LogP contribution is -2.37. The third-order valence-electron chi connectivity index (χ3n) is 4.79. The van der Waals surface area contributed by atoms with E-state index in [0.29, 0.717) is 0 Å². The number of hydrogen-bond acceptors (Lipinski definition) is 3. The fourth-order valence-corrected chi connectivity index (χ4v) is 3.16. The van der Waals surface area contributed by atoms with Crippen molar-refractivity contribution in [2.75, 3.05) is 26.2 Å². The van der Waals surface area contributed by atoms with Gasteiger partial charge in [0, 0.05) is 12.6 Å². The Hall–Kier alpha value is -0.810. The molecule has 2 unspecified atom stereocenters. The first kappa shape index (κ1) is 24.2. The smallest absolute Gasteiger partial charge is 0.224 e. The lowest BCUT2D eigenvalue weighted by molar-refractivity contribution is -0.125. The molecule has 1 fully saturated rings. The van der Waals surface area contributed by atoms with E-state index in [1.807, 2.05) is 37.3 Å². The van der Waals surface area contributed by atoms with Gasteiger partial charge >= 0.3 is 0 Å². The summed E-state index contributed by atoms with van der Waals surface area (Å²) in [6.07, 6.45) is 6.37. The van der Waals surface area contributed by atoms with Gasteiger partial charge in [-0.3, -0.25) is 4.79 Å². The third-order valence-corrected chi connectivity index (χ3v) is 4.79. The Morgan fingerprint density at radius 3 is 2.32 bits per heavy atom. The summed E-state index contributed by atoms with van der Waals surface area (Å²) in [6, 6.07) is 9.59. The number of carbonyl (C=O) groups excluding carboxylic acids is 1. The maximum Gasteiger partial charge on any atom is 0.224 e. The molecule has 1 aliphatic rings. The molecule has 0 saturated carbocycles. The molecule has 144 valence electrons. The fourth-order valence-electron chi connectivity index (χ4n) is 3.16. The third kappa shape index (κ3) is 8.41. The molecule has 25 heavy (non-hydrogen) atoms. The lowest BCUT2D eigenvalue weighted by atomic mass is 9.95. The molecule has 0 bridgehead atoms. The average Bonchev–Trinajstić information content (AvgIpc) is 2.86. The minimum absolute atomic E-state index is 0. The quantitative estimate of drug-likeness (QED) is 0.700. The molecule has 1 aromatic rings. The molecule has 1 heterocycles. The van der Waals surface area contributed by atoms with E-state index in [1.54, 1.807) is 0 Å². The molecule has 1 saturated heterocycles. The first-order chi connectivity index (χ1) is 11.2. The molecule has 0 radical (unpaired) electrons. The van der Waals surface area contributed by atoms with Gasteiger partial charge in [0.05, 0.1) is 5.92 Å². The van der Waals surface area contributed by atoms with Crippen molar-refractivity contribution in [3.8, 4) is 0 Å². The lowest BCUT2D eigenvalue weighted by Gasteiger charge is -2.21. The summed E-state index contributed by atoms with van der Waals surface area (Å²) in [5.41, 5.74) is 7.22. The Labute approximate surface area is 164 Å². The Morgan fingerprint density at radius 2 is 1.72 bits per heavy atom. The Kier molecular flexibility index (Phi) is 13.0. The second-order valence-electron chi connectivity index (χ2n) is 6.63. The first-order valence-electron chi connectivity index (χ1n) is 8.99. The summed E-state index contributed by atoms with van der Waals surface area (Å²) < 4.78 is 0. The minimum Gasteiger partial charge on any atom is -0.356 e. The zero-order valence-corrected chi connectivity index (χ0v) is 16.8. The van der Waals surface area contributed by atoms with Crippen LogP contribution in [-0.4, -0.2) is 37.0 Å². The van der Waals surface area contributed by atoms with E-state index in [-0.39, 0.29) is 42.7 Å². The van der Waals surface area contributed by atoms with E-state index < -0.39 is 0 Å². The number of nitrogens with two attached hydrogens (primary N) is 1. The number of nitrogens with zero attached hydrogens (tertiary/aromatic N) is 1. The molecule has 2 atom stereocenters. The standard InChI is InChI=1S/C19H31N3O.2ClH/c1-16(18(20)17-10-5-4-6-11-17)19(23)21-12-9-15-22-13-7-2-3-8-14-22;;/h4-6,10-11,16,18H,2-3,7-9,12-15,20H2,1H3,(H,21,23);2*1H.